The van der Waals surface area contributed by atoms with Crippen molar-refractivity contribution in [2.24, 2.45) is 0 Å². The van der Waals surface area contributed by atoms with Crippen LogP contribution < -0.4 is 0 Å². The number of H-pyrrole nitrogens is 1. The Hall–Kier alpha value is -1.69. The molecule has 3 heterocycles. The first-order valence-electron chi connectivity index (χ1n) is 5.93. The average Bonchev–Trinajstić information content (AvgIpc) is 3.09. The van der Waals surface area contributed by atoms with Gasteiger partial charge in [0.2, 0.25) is 0 Å². The Balaban J connectivity index is 1.70. The summed E-state index contributed by atoms with van der Waals surface area (Å²) in [6, 6.07) is 0. The predicted octanol–water partition coefficient (Wildman–Crippen LogP) is 1.80. The Morgan fingerprint density at radius 2 is 2.44 bits per heavy atom. The van der Waals surface area contributed by atoms with Crippen LogP contribution in [-0.4, -0.2) is 38.8 Å². The van der Waals surface area contributed by atoms with Gasteiger partial charge in [0, 0.05) is 30.9 Å². The second-order valence-electron chi connectivity index (χ2n) is 4.55. The molecule has 3 rings (SSSR count). The lowest BCUT2D eigenvalue weighted by Crippen LogP contribution is -2.27. The SMILES string of the molecule is Cc1cnc([C@H]2CCN(C(=O)c3cncs3)C2)[nH]1. The molecule has 0 aromatic carbocycles. The van der Waals surface area contributed by atoms with Gasteiger partial charge >= 0.3 is 0 Å². The van der Waals surface area contributed by atoms with E-state index < -0.39 is 0 Å². The molecule has 94 valence electrons. The molecule has 0 saturated carbocycles. The summed E-state index contributed by atoms with van der Waals surface area (Å²) in [4.78, 5) is 26.3. The van der Waals surface area contributed by atoms with Crippen LogP contribution in [0.2, 0.25) is 0 Å². The number of likely N-dealkylation sites (tertiary alicyclic amines) is 1. The molecule has 0 unspecified atom stereocenters. The summed E-state index contributed by atoms with van der Waals surface area (Å²) in [6.07, 6.45) is 4.44. The quantitative estimate of drug-likeness (QED) is 0.897. The largest absolute Gasteiger partial charge is 0.346 e. The number of carbonyl (C=O) groups excluding carboxylic acids is 1. The van der Waals surface area contributed by atoms with Gasteiger partial charge in [-0.3, -0.25) is 9.78 Å². The summed E-state index contributed by atoms with van der Waals surface area (Å²) in [7, 11) is 0. The molecular formula is C12H14N4OS. The van der Waals surface area contributed by atoms with Crippen LogP contribution in [0.15, 0.2) is 17.9 Å². The van der Waals surface area contributed by atoms with Crippen molar-refractivity contribution < 1.29 is 4.79 Å². The van der Waals surface area contributed by atoms with E-state index in [1.54, 1.807) is 11.7 Å². The monoisotopic (exact) mass is 262 g/mol. The number of hydrogen-bond acceptors (Lipinski definition) is 4. The highest BCUT2D eigenvalue weighted by Gasteiger charge is 2.29. The van der Waals surface area contributed by atoms with Crippen molar-refractivity contribution in [2.45, 2.75) is 19.3 Å². The number of aryl methyl sites for hydroxylation is 1. The zero-order valence-electron chi connectivity index (χ0n) is 10.1. The second kappa shape index (κ2) is 4.53. The molecule has 2 aromatic heterocycles. The van der Waals surface area contributed by atoms with Crippen molar-refractivity contribution in [2.75, 3.05) is 13.1 Å². The van der Waals surface area contributed by atoms with Crippen molar-refractivity contribution in [1.29, 1.82) is 0 Å². The van der Waals surface area contributed by atoms with Gasteiger partial charge in [0.1, 0.15) is 10.7 Å². The van der Waals surface area contributed by atoms with Gasteiger partial charge in [-0.25, -0.2) is 4.98 Å². The van der Waals surface area contributed by atoms with E-state index in [-0.39, 0.29) is 5.91 Å². The fraction of sp³-hybridized carbons (Fsp3) is 0.417. The molecule has 2 aromatic rings. The van der Waals surface area contributed by atoms with E-state index in [0.717, 1.165) is 31.0 Å². The van der Waals surface area contributed by atoms with Crippen LogP contribution >= 0.6 is 11.3 Å². The van der Waals surface area contributed by atoms with Crippen LogP contribution in [0.4, 0.5) is 0 Å². The maximum Gasteiger partial charge on any atom is 0.265 e. The maximum atomic E-state index is 12.2. The molecule has 0 spiro atoms. The van der Waals surface area contributed by atoms with Gasteiger partial charge in [-0.05, 0) is 13.3 Å². The molecule has 5 nitrogen and oxygen atoms in total. The first kappa shape index (κ1) is 11.4. The molecule has 1 amide bonds. The first-order valence-corrected chi connectivity index (χ1v) is 6.81. The Bertz CT molecular complexity index is 548. The van der Waals surface area contributed by atoms with Crippen LogP contribution in [0.25, 0.3) is 0 Å². The molecule has 18 heavy (non-hydrogen) atoms. The molecule has 1 fully saturated rings. The summed E-state index contributed by atoms with van der Waals surface area (Å²) < 4.78 is 0. The van der Waals surface area contributed by atoms with Crippen LogP contribution in [-0.2, 0) is 0 Å². The average molecular weight is 262 g/mol. The number of aromatic nitrogens is 3. The minimum atomic E-state index is 0.0864. The second-order valence-corrected chi connectivity index (χ2v) is 5.44. The van der Waals surface area contributed by atoms with Crippen LogP contribution in [0, 0.1) is 6.92 Å². The molecule has 1 N–H and O–H groups in total. The third kappa shape index (κ3) is 2.03. The normalized spacial score (nSPS) is 19.4. The van der Waals surface area contributed by atoms with Crippen molar-refractivity contribution in [3.05, 3.63) is 34.3 Å². The summed E-state index contributed by atoms with van der Waals surface area (Å²) >= 11 is 1.39. The third-order valence-corrected chi connectivity index (χ3v) is 3.99. The minimum Gasteiger partial charge on any atom is -0.346 e. The lowest BCUT2D eigenvalue weighted by Gasteiger charge is -2.14. The van der Waals surface area contributed by atoms with Crippen molar-refractivity contribution in [1.82, 2.24) is 19.9 Å². The standard InChI is InChI=1S/C12H14N4OS/c1-8-4-14-11(15-8)9-2-3-16(6-9)12(17)10-5-13-7-18-10/h4-5,7,9H,2-3,6H2,1H3,(H,14,15)/t9-/m0/s1. The molecule has 1 aliphatic rings. The number of hydrogen-bond donors (Lipinski definition) is 1. The van der Waals surface area contributed by atoms with Crippen LogP contribution in [0.1, 0.15) is 33.5 Å². The number of aromatic amines is 1. The minimum absolute atomic E-state index is 0.0864. The van der Waals surface area contributed by atoms with Gasteiger partial charge in [0.25, 0.3) is 5.91 Å². The van der Waals surface area contributed by atoms with Gasteiger partial charge < -0.3 is 9.88 Å². The smallest absolute Gasteiger partial charge is 0.265 e. The van der Waals surface area contributed by atoms with E-state index in [0.29, 0.717) is 10.8 Å². The van der Waals surface area contributed by atoms with Crippen LogP contribution in [0.5, 0.6) is 0 Å². The Labute approximate surface area is 109 Å². The van der Waals surface area contributed by atoms with Gasteiger partial charge in [-0.15, -0.1) is 11.3 Å². The number of rotatable bonds is 2. The molecule has 0 radical (unpaired) electrons. The number of carbonyl (C=O) groups is 1. The van der Waals surface area contributed by atoms with E-state index in [2.05, 4.69) is 15.0 Å². The fourth-order valence-corrected chi connectivity index (χ4v) is 2.87. The maximum absolute atomic E-state index is 12.2. The molecule has 1 atom stereocenters. The molecule has 1 aliphatic heterocycles. The third-order valence-electron chi connectivity index (χ3n) is 3.23. The highest BCUT2D eigenvalue weighted by atomic mass is 32.1. The summed E-state index contributed by atoms with van der Waals surface area (Å²) in [5.74, 6) is 1.41. The molecule has 0 bridgehead atoms. The van der Waals surface area contributed by atoms with E-state index in [9.17, 15) is 4.79 Å². The zero-order valence-corrected chi connectivity index (χ0v) is 10.9. The number of nitrogens with zero attached hydrogens (tertiary/aromatic N) is 3. The fourth-order valence-electron chi connectivity index (χ4n) is 2.29. The van der Waals surface area contributed by atoms with Gasteiger partial charge in [0.05, 0.1) is 11.7 Å². The van der Waals surface area contributed by atoms with Gasteiger partial charge in [-0.2, -0.15) is 0 Å². The van der Waals surface area contributed by atoms with Crippen LogP contribution in [0.3, 0.4) is 0 Å². The Morgan fingerprint density at radius 3 is 3.11 bits per heavy atom. The molecule has 1 saturated heterocycles. The molecule has 0 aliphatic carbocycles. The van der Waals surface area contributed by atoms with E-state index in [1.807, 2.05) is 18.0 Å². The lowest BCUT2D eigenvalue weighted by molar-refractivity contribution is 0.0795. The van der Waals surface area contributed by atoms with E-state index >= 15 is 0 Å². The lowest BCUT2D eigenvalue weighted by atomic mass is 10.1. The highest BCUT2D eigenvalue weighted by Crippen LogP contribution is 2.26. The van der Waals surface area contributed by atoms with E-state index in [4.69, 9.17) is 0 Å². The predicted molar refractivity (Wildman–Crippen MR) is 68.7 cm³/mol. The first-order chi connectivity index (χ1) is 8.74. The Kier molecular flexibility index (Phi) is 2.87. The number of thiazole rings is 1. The molecular weight excluding hydrogens is 248 g/mol. The van der Waals surface area contributed by atoms with Crippen molar-refractivity contribution in [3.63, 3.8) is 0 Å². The van der Waals surface area contributed by atoms with Gasteiger partial charge in [-0.1, -0.05) is 0 Å². The number of amides is 1. The summed E-state index contributed by atoms with van der Waals surface area (Å²) in [5.41, 5.74) is 2.76. The molecule has 6 heteroatoms. The Morgan fingerprint density at radius 1 is 1.56 bits per heavy atom. The topological polar surface area (TPSA) is 61.9 Å². The number of imidazole rings is 1. The van der Waals surface area contributed by atoms with E-state index in [1.165, 1.54) is 11.3 Å². The number of nitrogens with one attached hydrogen (secondary N) is 1. The van der Waals surface area contributed by atoms with Crippen molar-refractivity contribution in [3.8, 4) is 0 Å². The zero-order chi connectivity index (χ0) is 12.5. The summed E-state index contributed by atoms with van der Waals surface area (Å²) in [6.45, 7) is 3.52. The van der Waals surface area contributed by atoms with Crippen molar-refractivity contribution >= 4 is 17.2 Å². The summed E-state index contributed by atoms with van der Waals surface area (Å²) in [5, 5.41) is 0. The highest BCUT2D eigenvalue weighted by molar-refractivity contribution is 7.11. The van der Waals surface area contributed by atoms with Gasteiger partial charge in [0.15, 0.2) is 0 Å².